The maximum absolute atomic E-state index is 13.2. The highest BCUT2D eigenvalue weighted by Gasteiger charge is 2.39. The first kappa shape index (κ1) is 23.7. The lowest BCUT2D eigenvalue weighted by Crippen LogP contribution is -2.13. The summed E-state index contributed by atoms with van der Waals surface area (Å²) >= 11 is 6.71. The zero-order valence-corrected chi connectivity index (χ0v) is 17.9. The average Bonchev–Trinajstić information content (AvgIpc) is 2.52. The standard InChI is InChI=1S/C20H20ClF6NS/c1-10-6-12(18(3,4)5)7-11(2)17(10)29-28-15-9-13(19(22,23)24)8-14(16(15)21)20(25,26)27/h6-9,28H,1-5H3. The molecule has 0 radical (unpaired) electrons. The quantitative estimate of drug-likeness (QED) is 0.368. The van der Waals surface area contributed by atoms with Crippen LogP contribution in [0.1, 0.15) is 48.6 Å². The van der Waals surface area contributed by atoms with Gasteiger partial charge < -0.3 is 4.72 Å². The van der Waals surface area contributed by atoms with E-state index in [9.17, 15) is 26.3 Å². The van der Waals surface area contributed by atoms with Gasteiger partial charge in [-0.3, -0.25) is 0 Å². The highest BCUT2D eigenvalue weighted by atomic mass is 35.5. The lowest BCUT2D eigenvalue weighted by atomic mass is 9.85. The second kappa shape index (κ2) is 7.95. The third-order valence-corrected chi connectivity index (χ3v) is 5.87. The van der Waals surface area contributed by atoms with Gasteiger partial charge in [-0.05, 0) is 60.0 Å². The molecule has 2 aromatic carbocycles. The first-order chi connectivity index (χ1) is 13.0. The topological polar surface area (TPSA) is 12.0 Å². The highest BCUT2D eigenvalue weighted by molar-refractivity contribution is 8.00. The van der Waals surface area contributed by atoms with E-state index in [0.29, 0.717) is 11.0 Å². The van der Waals surface area contributed by atoms with E-state index in [0.717, 1.165) is 28.6 Å². The molecule has 1 N–H and O–H groups in total. The third kappa shape index (κ3) is 5.54. The van der Waals surface area contributed by atoms with Crippen LogP contribution in [0.25, 0.3) is 0 Å². The van der Waals surface area contributed by atoms with Crippen molar-refractivity contribution in [2.75, 3.05) is 4.72 Å². The summed E-state index contributed by atoms with van der Waals surface area (Å²) in [6.45, 7) is 9.82. The Hall–Kier alpha value is -1.54. The van der Waals surface area contributed by atoms with Crippen molar-refractivity contribution in [2.45, 2.75) is 57.3 Å². The van der Waals surface area contributed by atoms with Crippen molar-refractivity contribution in [3.8, 4) is 0 Å². The molecule has 9 heteroatoms. The number of aryl methyl sites for hydroxylation is 2. The minimum atomic E-state index is -5.01. The van der Waals surface area contributed by atoms with Crippen molar-refractivity contribution in [3.63, 3.8) is 0 Å². The smallest absolute Gasteiger partial charge is 0.324 e. The van der Waals surface area contributed by atoms with Gasteiger partial charge in [-0.25, -0.2) is 0 Å². The number of rotatable bonds is 3. The van der Waals surface area contributed by atoms with E-state index < -0.39 is 34.2 Å². The first-order valence-corrected chi connectivity index (χ1v) is 9.73. The predicted molar refractivity (Wildman–Crippen MR) is 106 cm³/mol. The zero-order valence-electron chi connectivity index (χ0n) is 16.4. The van der Waals surface area contributed by atoms with Gasteiger partial charge in [-0.1, -0.05) is 44.5 Å². The normalized spacial score (nSPS) is 13.0. The van der Waals surface area contributed by atoms with E-state index in [2.05, 4.69) is 4.72 Å². The first-order valence-electron chi connectivity index (χ1n) is 8.54. The third-order valence-electron chi connectivity index (χ3n) is 4.29. The van der Waals surface area contributed by atoms with Crippen molar-refractivity contribution in [1.82, 2.24) is 0 Å². The maximum Gasteiger partial charge on any atom is 0.417 e. The van der Waals surface area contributed by atoms with Crippen LogP contribution in [0, 0.1) is 13.8 Å². The lowest BCUT2D eigenvalue weighted by molar-refractivity contribution is -0.142. The Morgan fingerprint density at radius 2 is 1.31 bits per heavy atom. The van der Waals surface area contributed by atoms with E-state index in [1.54, 1.807) is 0 Å². The van der Waals surface area contributed by atoms with E-state index >= 15 is 0 Å². The fourth-order valence-electron chi connectivity index (χ4n) is 2.72. The van der Waals surface area contributed by atoms with Crippen molar-refractivity contribution in [1.29, 1.82) is 0 Å². The van der Waals surface area contributed by atoms with Gasteiger partial charge in [0.2, 0.25) is 0 Å². The molecule has 2 rings (SSSR count). The molecule has 0 aliphatic heterocycles. The average molecular weight is 456 g/mol. The van der Waals surface area contributed by atoms with Gasteiger partial charge in [0.25, 0.3) is 0 Å². The van der Waals surface area contributed by atoms with Gasteiger partial charge in [-0.2, -0.15) is 26.3 Å². The lowest BCUT2D eigenvalue weighted by Gasteiger charge is -2.22. The largest absolute Gasteiger partial charge is 0.417 e. The molecule has 0 unspecified atom stereocenters. The molecule has 0 heterocycles. The molecule has 0 spiro atoms. The Morgan fingerprint density at radius 3 is 1.72 bits per heavy atom. The van der Waals surface area contributed by atoms with Gasteiger partial charge in [0.15, 0.2) is 0 Å². The molecule has 0 aromatic heterocycles. The Labute approximate surface area is 175 Å². The Bertz CT molecular complexity index is 890. The molecule has 29 heavy (non-hydrogen) atoms. The molecule has 0 saturated heterocycles. The van der Waals surface area contributed by atoms with Crippen LogP contribution < -0.4 is 4.72 Å². The zero-order chi connectivity index (χ0) is 22.4. The summed E-state index contributed by atoms with van der Waals surface area (Å²) in [7, 11) is 0. The van der Waals surface area contributed by atoms with E-state index in [-0.39, 0.29) is 11.5 Å². The van der Waals surface area contributed by atoms with Gasteiger partial charge in [0, 0.05) is 4.90 Å². The van der Waals surface area contributed by atoms with Gasteiger partial charge in [-0.15, -0.1) is 0 Å². The number of benzene rings is 2. The van der Waals surface area contributed by atoms with Crippen LogP contribution in [0.15, 0.2) is 29.2 Å². The van der Waals surface area contributed by atoms with Gasteiger partial charge in [0.05, 0.1) is 21.8 Å². The summed E-state index contributed by atoms with van der Waals surface area (Å²) in [4.78, 5) is 0.708. The molecule has 0 amide bonds. The molecule has 0 atom stereocenters. The molecule has 0 fully saturated rings. The minimum Gasteiger partial charge on any atom is -0.324 e. The van der Waals surface area contributed by atoms with Crippen LogP contribution >= 0.6 is 23.5 Å². The monoisotopic (exact) mass is 455 g/mol. The molecule has 0 saturated carbocycles. The van der Waals surface area contributed by atoms with Crippen LogP contribution in [0.3, 0.4) is 0 Å². The fourth-order valence-corrected chi connectivity index (χ4v) is 3.85. The second-order valence-corrected chi connectivity index (χ2v) is 8.97. The van der Waals surface area contributed by atoms with Crippen molar-refractivity contribution in [2.24, 2.45) is 0 Å². The van der Waals surface area contributed by atoms with E-state index in [1.165, 1.54) is 0 Å². The van der Waals surface area contributed by atoms with Crippen LogP contribution in [0.2, 0.25) is 5.02 Å². The van der Waals surface area contributed by atoms with Crippen LogP contribution in [0.4, 0.5) is 32.0 Å². The summed E-state index contributed by atoms with van der Waals surface area (Å²) in [5, 5.41) is -0.806. The number of hydrogen-bond acceptors (Lipinski definition) is 2. The highest BCUT2D eigenvalue weighted by Crippen LogP contribution is 2.44. The number of alkyl halides is 6. The summed E-state index contributed by atoms with van der Waals surface area (Å²) in [5.74, 6) is 0. The molecule has 0 aliphatic rings. The number of anilines is 1. The maximum atomic E-state index is 13.2. The predicted octanol–water partition coefficient (Wildman–Crippen LogP) is 8.41. The van der Waals surface area contributed by atoms with Gasteiger partial charge >= 0.3 is 12.4 Å². The molecule has 0 aliphatic carbocycles. The second-order valence-electron chi connectivity index (χ2n) is 7.77. The molecule has 0 bridgehead atoms. The Morgan fingerprint density at radius 1 is 0.793 bits per heavy atom. The van der Waals surface area contributed by atoms with Crippen molar-refractivity contribution >= 4 is 29.2 Å². The SMILES string of the molecule is Cc1cc(C(C)(C)C)cc(C)c1SNc1cc(C(F)(F)F)cc(C(F)(F)F)c1Cl. The Balaban J connectivity index is 2.45. The van der Waals surface area contributed by atoms with Crippen molar-refractivity contribution in [3.05, 3.63) is 57.1 Å². The van der Waals surface area contributed by atoms with E-state index in [1.807, 2.05) is 46.8 Å². The van der Waals surface area contributed by atoms with E-state index in [4.69, 9.17) is 11.6 Å². The summed E-state index contributed by atoms with van der Waals surface area (Å²) in [6.07, 6.45) is -9.95. The number of nitrogens with one attached hydrogen (secondary N) is 1. The number of halogens is 7. The molecular weight excluding hydrogens is 436 g/mol. The molecular formula is C20H20ClF6NS. The summed E-state index contributed by atoms with van der Waals surface area (Å²) in [5.41, 5.74) is -0.718. The van der Waals surface area contributed by atoms with Crippen LogP contribution in [-0.4, -0.2) is 0 Å². The molecule has 2 aromatic rings. The van der Waals surface area contributed by atoms with Crippen LogP contribution in [0.5, 0.6) is 0 Å². The van der Waals surface area contributed by atoms with Gasteiger partial charge in [0.1, 0.15) is 0 Å². The molecule has 1 nitrogen and oxygen atoms in total. The molecule has 160 valence electrons. The van der Waals surface area contributed by atoms with Crippen LogP contribution in [-0.2, 0) is 17.8 Å². The fraction of sp³-hybridized carbons (Fsp3) is 0.400. The minimum absolute atomic E-state index is 0.0206. The summed E-state index contributed by atoms with van der Waals surface area (Å²) in [6, 6.07) is 4.50. The van der Waals surface area contributed by atoms with Crippen molar-refractivity contribution < 1.29 is 26.3 Å². The Kier molecular flexibility index (Phi) is 6.50. The number of hydrogen-bond donors (Lipinski definition) is 1. The summed E-state index contributed by atoms with van der Waals surface area (Å²) < 4.78 is 81.3.